The number of anilines is 1. The number of nitrogens with one attached hydrogen (secondary N) is 1. The van der Waals surface area contributed by atoms with Gasteiger partial charge < -0.3 is 0 Å². The van der Waals surface area contributed by atoms with Crippen molar-refractivity contribution in [1.29, 1.82) is 0 Å². The van der Waals surface area contributed by atoms with Crippen molar-refractivity contribution in [1.82, 2.24) is 4.31 Å². The molecule has 1 aliphatic heterocycles. The number of alkyl halides is 3. The first-order valence-corrected chi connectivity index (χ1v) is 12.2. The van der Waals surface area contributed by atoms with Gasteiger partial charge in [-0.05, 0) is 49.2 Å². The lowest BCUT2D eigenvalue weighted by Gasteiger charge is -2.26. The molecule has 1 heterocycles. The molecule has 12 heteroatoms. The van der Waals surface area contributed by atoms with Crippen LogP contribution in [0, 0.1) is 0 Å². The van der Waals surface area contributed by atoms with Crippen molar-refractivity contribution in [2.24, 2.45) is 0 Å². The number of rotatable bonds is 5. The number of nitrogens with zero attached hydrogens (tertiary/aromatic N) is 1. The second-order valence-electron chi connectivity index (χ2n) is 6.74. The molecule has 0 spiro atoms. The Morgan fingerprint density at radius 3 is 2.23 bits per heavy atom. The molecular weight excluding hydrogens is 465 g/mol. The number of sulfonamides is 2. The molecule has 0 unspecified atom stereocenters. The quantitative estimate of drug-likeness (QED) is 0.687. The van der Waals surface area contributed by atoms with E-state index in [1.54, 1.807) is 0 Å². The van der Waals surface area contributed by atoms with E-state index >= 15 is 0 Å². The number of benzene rings is 2. The van der Waals surface area contributed by atoms with Crippen molar-refractivity contribution in [2.75, 3.05) is 17.8 Å². The summed E-state index contributed by atoms with van der Waals surface area (Å²) in [5.41, 5.74) is -1.59. The van der Waals surface area contributed by atoms with Crippen LogP contribution in [-0.4, -0.2) is 34.2 Å². The number of hydrogen-bond acceptors (Lipinski definition) is 4. The molecule has 2 aromatic carbocycles. The van der Waals surface area contributed by atoms with Crippen molar-refractivity contribution < 1.29 is 30.0 Å². The Kier molecular flexibility index (Phi) is 6.38. The zero-order chi connectivity index (χ0) is 22.2. The molecule has 0 aliphatic carbocycles. The van der Waals surface area contributed by atoms with Crippen LogP contribution in [0.1, 0.15) is 24.8 Å². The van der Waals surface area contributed by atoms with Gasteiger partial charge in [0.1, 0.15) is 0 Å². The summed E-state index contributed by atoms with van der Waals surface area (Å²) in [6, 6.07) is 7.28. The number of piperidine rings is 1. The minimum absolute atomic E-state index is 0.142. The van der Waals surface area contributed by atoms with E-state index in [1.165, 1.54) is 22.5 Å². The summed E-state index contributed by atoms with van der Waals surface area (Å²) in [6.45, 7) is 0.718. The highest BCUT2D eigenvalue weighted by molar-refractivity contribution is 7.92. The molecule has 0 atom stereocenters. The third kappa shape index (κ3) is 4.90. The molecular formula is C18H18ClF3N2O4S2. The Balaban J connectivity index is 1.95. The van der Waals surface area contributed by atoms with Gasteiger partial charge in [-0.2, -0.15) is 17.5 Å². The second kappa shape index (κ2) is 8.37. The molecule has 0 amide bonds. The molecule has 1 aliphatic rings. The summed E-state index contributed by atoms with van der Waals surface area (Å²) in [6.07, 6.45) is -2.58. The lowest BCUT2D eigenvalue weighted by molar-refractivity contribution is -0.139. The summed E-state index contributed by atoms with van der Waals surface area (Å²) >= 11 is 5.59. The minimum atomic E-state index is -4.95. The van der Waals surface area contributed by atoms with Crippen molar-refractivity contribution in [3.8, 4) is 0 Å². The molecule has 0 radical (unpaired) electrons. The molecule has 0 bridgehead atoms. The Morgan fingerprint density at radius 2 is 1.60 bits per heavy atom. The van der Waals surface area contributed by atoms with Gasteiger partial charge in [0, 0.05) is 18.1 Å². The van der Waals surface area contributed by atoms with Crippen molar-refractivity contribution >= 4 is 37.3 Å². The fourth-order valence-electron chi connectivity index (χ4n) is 3.14. The van der Waals surface area contributed by atoms with Gasteiger partial charge in [0.2, 0.25) is 10.0 Å². The van der Waals surface area contributed by atoms with Gasteiger partial charge in [-0.3, -0.25) is 4.72 Å². The van der Waals surface area contributed by atoms with E-state index in [0.29, 0.717) is 19.2 Å². The highest BCUT2D eigenvalue weighted by Crippen LogP contribution is 2.36. The van der Waals surface area contributed by atoms with Crippen LogP contribution >= 0.6 is 11.6 Å². The lowest BCUT2D eigenvalue weighted by Crippen LogP contribution is -2.35. The van der Waals surface area contributed by atoms with Gasteiger partial charge in [-0.15, -0.1) is 0 Å². The lowest BCUT2D eigenvalue weighted by atomic mass is 10.2. The molecule has 1 saturated heterocycles. The maximum Gasteiger partial charge on any atom is 0.417 e. The average Bonchev–Trinajstić information content (AvgIpc) is 2.67. The number of halogens is 4. The molecule has 6 nitrogen and oxygen atoms in total. The third-order valence-electron chi connectivity index (χ3n) is 4.58. The standard InChI is InChI=1S/C18H18ClF3N2O4S2/c19-13-7-8-17(16(11-13)18(20,21)22)29(25,26)23-14-5-4-6-15(12-14)30(27,28)24-9-2-1-3-10-24/h4-8,11-12,23H,1-3,9-10H2. The van der Waals surface area contributed by atoms with Crippen LogP contribution < -0.4 is 4.72 Å². The molecule has 1 fully saturated rings. The van der Waals surface area contributed by atoms with Crippen LogP contribution in [-0.2, 0) is 26.2 Å². The first-order chi connectivity index (χ1) is 13.9. The highest BCUT2D eigenvalue weighted by Gasteiger charge is 2.37. The molecule has 30 heavy (non-hydrogen) atoms. The van der Waals surface area contributed by atoms with Gasteiger partial charge in [-0.1, -0.05) is 24.1 Å². The van der Waals surface area contributed by atoms with Crippen LogP contribution in [0.3, 0.4) is 0 Å². The Morgan fingerprint density at radius 1 is 0.933 bits per heavy atom. The zero-order valence-electron chi connectivity index (χ0n) is 15.5. The van der Waals surface area contributed by atoms with E-state index in [4.69, 9.17) is 11.6 Å². The Labute approximate surface area is 177 Å². The van der Waals surface area contributed by atoms with E-state index < -0.39 is 36.7 Å². The van der Waals surface area contributed by atoms with Gasteiger partial charge in [-0.25, -0.2) is 16.8 Å². The van der Waals surface area contributed by atoms with E-state index in [-0.39, 0.29) is 15.6 Å². The van der Waals surface area contributed by atoms with Crippen molar-refractivity contribution in [3.05, 3.63) is 53.1 Å². The summed E-state index contributed by atoms with van der Waals surface area (Å²) < 4.78 is 94.0. The van der Waals surface area contributed by atoms with Crippen LogP contribution in [0.5, 0.6) is 0 Å². The third-order valence-corrected chi connectivity index (χ3v) is 8.14. The van der Waals surface area contributed by atoms with Crippen LogP contribution in [0.15, 0.2) is 52.3 Å². The van der Waals surface area contributed by atoms with E-state index in [1.807, 2.05) is 4.72 Å². The van der Waals surface area contributed by atoms with Crippen molar-refractivity contribution in [2.45, 2.75) is 35.2 Å². The number of hydrogen-bond donors (Lipinski definition) is 1. The normalized spacial score (nSPS) is 16.4. The van der Waals surface area contributed by atoms with Crippen LogP contribution in [0.2, 0.25) is 5.02 Å². The van der Waals surface area contributed by atoms with E-state index in [9.17, 15) is 30.0 Å². The van der Waals surface area contributed by atoms with Gasteiger partial charge in [0.25, 0.3) is 10.0 Å². The highest BCUT2D eigenvalue weighted by atomic mass is 35.5. The van der Waals surface area contributed by atoms with E-state index in [0.717, 1.165) is 37.5 Å². The predicted molar refractivity (Wildman–Crippen MR) is 106 cm³/mol. The molecule has 0 aromatic heterocycles. The Bertz CT molecular complexity index is 1150. The second-order valence-corrected chi connectivity index (χ2v) is 10.8. The van der Waals surface area contributed by atoms with Gasteiger partial charge in [0.15, 0.2) is 0 Å². The first kappa shape index (κ1) is 22.9. The summed E-state index contributed by atoms with van der Waals surface area (Å²) in [5, 5.41) is -0.268. The minimum Gasteiger partial charge on any atom is -0.280 e. The Hall–Kier alpha value is -1.82. The van der Waals surface area contributed by atoms with Gasteiger partial charge >= 0.3 is 6.18 Å². The molecule has 3 rings (SSSR count). The maximum atomic E-state index is 13.3. The average molecular weight is 483 g/mol. The topological polar surface area (TPSA) is 83.5 Å². The summed E-state index contributed by atoms with van der Waals surface area (Å²) in [4.78, 5) is -1.15. The van der Waals surface area contributed by atoms with Crippen LogP contribution in [0.4, 0.5) is 18.9 Å². The zero-order valence-corrected chi connectivity index (χ0v) is 17.9. The van der Waals surface area contributed by atoms with Gasteiger partial charge in [0.05, 0.1) is 21.0 Å². The smallest absolute Gasteiger partial charge is 0.280 e. The monoisotopic (exact) mass is 482 g/mol. The molecule has 1 N–H and O–H groups in total. The summed E-state index contributed by atoms with van der Waals surface area (Å²) in [5.74, 6) is 0. The molecule has 0 saturated carbocycles. The fraction of sp³-hybridized carbons (Fsp3) is 0.333. The fourth-order valence-corrected chi connectivity index (χ4v) is 6.14. The van der Waals surface area contributed by atoms with Crippen molar-refractivity contribution in [3.63, 3.8) is 0 Å². The maximum absolute atomic E-state index is 13.3. The molecule has 164 valence electrons. The molecule has 2 aromatic rings. The SMILES string of the molecule is O=S(=O)(Nc1cccc(S(=O)(=O)N2CCCCC2)c1)c1ccc(Cl)cc1C(F)(F)F. The first-order valence-electron chi connectivity index (χ1n) is 8.91. The van der Waals surface area contributed by atoms with Crippen LogP contribution in [0.25, 0.3) is 0 Å². The predicted octanol–water partition coefficient (Wildman–Crippen LogP) is 4.33. The van der Waals surface area contributed by atoms with E-state index in [2.05, 4.69) is 0 Å². The summed E-state index contributed by atoms with van der Waals surface area (Å²) in [7, 11) is -8.51. The largest absolute Gasteiger partial charge is 0.417 e.